The van der Waals surface area contributed by atoms with Gasteiger partial charge in [0, 0.05) is 38.3 Å². The Kier molecular flexibility index (Phi) is 9.02. The molecule has 0 aliphatic carbocycles. The molecule has 2 rings (SSSR count). The van der Waals surface area contributed by atoms with Gasteiger partial charge in [0.25, 0.3) is 0 Å². The molecule has 2 N–H and O–H groups in total. The molecule has 6 nitrogen and oxygen atoms in total. The molecular weight excluding hydrogens is 417 g/mol. The van der Waals surface area contributed by atoms with Crippen molar-refractivity contribution >= 4 is 35.8 Å². The molecule has 0 bridgehead atoms. The van der Waals surface area contributed by atoms with Crippen molar-refractivity contribution in [3.05, 3.63) is 29.6 Å². The van der Waals surface area contributed by atoms with Crippen LogP contribution < -0.4 is 10.6 Å². The third-order valence-corrected chi connectivity index (χ3v) is 4.03. The van der Waals surface area contributed by atoms with Crippen molar-refractivity contribution in [3.8, 4) is 0 Å². The van der Waals surface area contributed by atoms with Crippen LogP contribution in [0.15, 0.2) is 23.3 Å². The summed E-state index contributed by atoms with van der Waals surface area (Å²) < 4.78 is 0. The summed E-state index contributed by atoms with van der Waals surface area (Å²) in [5.74, 6) is 1.01. The smallest absolute Gasteiger partial charge is 0.222 e. The summed E-state index contributed by atoms with van der Waals surface area (Å²) in [5.41, 5.74) is 2.13. The molecule has 7 heteroatoms. The number of rotatable bonds is 5. The number of pyridine rings is 1. The maximum absolute atomic E-state index is 11.8. The molecule has 1 aromatic heterocycles. The largest absolute Gasteiger partial charge is 0.357 e. The zero-order chi connectivity index (χ0) is 16.7. The maximum Gasteiger partial charge on any atom is 0.222 e. The normalized spacial score (nSPS) is 17.4. The first kappa shape index (κ1) is 20.7. The molecule has 0 radical (unpaired) electrons. The van der Waals surface area contributed by atoms with E-state index in [1.165, 1.54) is 0 Å². The Bertz CT molecular complexity index is 564. The van der Waals surface area contributed by atoms with Crippen LogP contribution in [-0.2, 0) is 11.3 Å². The zero-order valence-electron chi connectivity index (χ0n) is 14.7. The number of carbonyl (C=O) groups is 1. The average Bonchev–Trinajstić information content (AvgIpc) is 3.02. The minimum Gasteiger partial charge on any atom is -0.357 e. The first-order valence-electron chi connectivity index (χ1n) is 8.37. The van der Waals surface area contributed by atoms with Crippen LogP contribution in [0.4, 0.5) is 0 Å². The monoisotopic (exact) mass is 445 g/mol. The average molecular weight is 445 g/mol. The van der Waals surface area contributed by atoms with Crippen LogP contribution in [0.3, 0.4) is 0 Å². The third-order valence-electron chi connectivity index (χ3n) is 4.03. The molecule has 0 saturated carbocycles. The van der Waals surface area contributed by atoms with Crippen LogP contribution >= 0.6 is 24.0 Å². The molecule has 1 saturated heterocycles. The second kappa shape index (κ2) is 10.5. The van der Waals surface area contributed by atoms with E-state index in [1.54, 1.807) is 6.20 Å². The standard InChI is InChI=1S/C17H27N5O.HI/c1-4-16(23)22-10-8-14(12-22)21-17(18-5-2)20-11-15-13(3)7-6-9-19-15;/h6-7,9,14H,4-5,8,10-12H2,1-3H3,(H2,18,20,21);1H. The number of hydrogen-bond acceptors (Lipinski definition) is 3. The van der Waals surface area contributed by atoms with Crippen molar-refractivity contribution in [2.45, 2.75) is 46.2 Å². The highest BCUT2D eigenvalue weighted by atomic mass is 127. The summed E-state index contributed by atoms with van der Waals surface area (Å²) >= 11 is 0. The number of nitrogens with zero attached hydrogens (tertiary/aromatic N) is 3. The molecule has 2 heterocycles. The topological polar surface area (TPSA) is 69.6 Å². The van der Waals surface area contributed by atoms with Crippen molar-refractivity contribution in [2.75, 3.05) is 19.6 Å². The SMILES string of the molecule is CCNC(=NCc1ncccc1C)NC1CCN(C(=O)CC)C1.I. The van der Waals surface area contributed by atoms with E-state index in [4.69, 9.17) is 0 Å². The van der Waals surface area contributed by atoms with Gasteiger partial charge in [-0.15, -0.1) is 24.0 Å². The van der Waals surface area contributed by atoms with Gasteiger partial charge in [-0.2, -0.15) is 0 Å². The van der Waals surface area contributed by atoms with Crippen molar-refractivity contribution in [3.63, 3.8) is 0 Å². The van der Waals surface area contributed by atoms with Gasteiger partial charge < -0.3 is 15.5 Å². The molecule has 1 fully saturated rings. The Morgan fingerprint density at radius 2 is 2.25 bits per heavy atom. The van der Waals surface area contributed by atoms with Crippen LogP contribution in [0.5, 0.6) is 0 Å². The molecule has 1 amide bonds. The van der Waals surface area contributed by atoms with E-state index < -0.39 is 0 Å². The van der Waals surface area contributed by atoms with Crippen molar-refractivity contribution in [1.82, 2.24) is 20.5 Å². The minimum absolute atomic E-state index is 0. The van der Waals surface area contributed by atoms with Crippen LogP contribution in [0.1, 0.15) is 37.9 Å². The van der Waals surface area contributed by atoms with Crippen LogP contribution in [0.25, 0.3) is 0 Å². The predicted molar refractivity (Wildman–Crippen MR) is 108 cm³/mol. The number of aromatic nitrogens is 1. The van der Waals surface area contributed by atoms with Crippen LogP contribution in [0.2, 0.25) is 0 Å². The highest BCUT2D eigenvalue weighted by molar-refractivity contribution is 14.0. The van der Waals surface area contributed by atoms with Gasteiger partial charge >= 0.3 is 0 Å². The van der Waals surface area contributed by atoms with E-state index in [2.05, 4.69) is 20.6 Å². The molecule has 1 atom stereocenters. The van der Waals surface area contributed by atoms with Gasteiger partial charge in [-0.25, -0.2) is 4.99 Å². The van der Waals surface area contributed by atoms with Gasteiger partial charge in [0.05, 0.1) is 12.2 Å². The van der Waals surface area contributed by atoms with Gasteiger partial charge in [0.2, 0.25) is 5.91 Å². The van der Waals surface area contributed by atoms with E-state index in [1.807, 2.05) is 37.8 Å². The molecular formula is C17H28IN5O. The zero-order valence-corrected chi connectivity index (χ0v) is 17.0. The molecule has 134 valence electrons. The lowest BCUT2D eigenvalue weighted by molar-refractivity contribution is -0.129. The fourth-order valence-electron chi connectivity index (χ4n) is 2.68. The molecule has 1 unspecified atom stereocenters. The number of nitrogens with one attached hydrogen (secondary N) is 2. The molecule has 0 spiro atoms. The summed E-state index contributed by atoms with van der Waals surface area (Å²) in [4.78, 5) is 22.7. The highest BCUT2D eigenvalue weighted by Crippen LogP contribution is 2.10. The van der Waals surface area contributed by atoms with Crippen molar-refractivity contribution in [1.29, 1.82) is 0 Å². The molecule has 1 aliphatic rings. The van der Waals surface area contributed by atoms with Gasteiger partial charge in [0.1, 0.15) is 0 Å². The number of hydrogen-bond donors (Lipinski definition) is 2. The number of aryl methyl sites for hydroxylation is 1. The van der Waals surface area contributed by atoms with Gasteiger partial charge in [-0.3, -0.25) is 9.78 Å². The Morgan fingerprint density at radius 1 is 1.46 bits per heavy atom. The summed E-state index contributed by atoms with van der Waals surface area (Å²) in [7, 11) is 0. The number of halogens is 1. The lowest BCUT2D eigenvalue weighted by Gasteiger charge is -2.18. The number of aliphatic imine (C=N–C) groups is 1. The van der Waals surface area contributed by atoms with E-state index in [0.29, 0.717) is 13.0 Å². The van der Waals surface area contributed by atoms with Crippen molar-refractivity contribution in [2.24, 2.45) is 4.99 Å². The lowest BCUT2D eigenvalue weighted by atomic mass is 10.2. The first-order valence-corrected chi connectivity index (χ1v) is 8.37. The summed E-state index contributed by atoms with van der Waals surface area (Å²) in [6.07, 6.45) is 3.32. The Hall–Kier alpha value is -1.38. The molecule has 1 aromatic rings. The number of amides is 1. The third kappa shape index (κ3) is 5.92. The van der Waals surface area contributed by atoms with Crippen molar-refractivity contribution < 1.29 is 4.79 Å². The van der Waals surface area contributed by atoms with Gasteiger partial charge in [0.15, 0.2) is 5.96 Å². The quantitative estimate of drug-likeness (QED) is 0.414. The number of likely N-dealkylation sites (tertiary alicyclic amines) is 1. The number of carbonyl (C=O) groups excluding carboxylic acids is 1. The summed E-state index contributed by atoms with van der Waals surface area (Å²) in [6.45, 7) is 8.92. The van der Waals surface area contributed by atoms with Gasteiger partial charge in [-0.05, 0) is 31.9 Å². The second-order valence-electron chi connectivity index (χ2n) is 5.79. The lowest BCUT2D eigenvalue weighted by Crippen LogP contribution is -2.45. The van der Waals surface area contributed by atoms with E-state index in [-0.39, 0.29) is 35.9 Å². The Labute approximate surface area is 161 Å². The second-order valence-corrected chi connectivity index (χ2v) is 5.79. The Balaban J connectivity index is 0.00000288. The highest BCUT2D eigenvalue weighted by Gasteiger charge is 2.25. The van der Waals surface area contributed by atoms with Crippen LogP contribution in [-0.4, -0.2) is 47.4 Å². The minimum atomic E-state index is 0. The van der Waals surface area contributed by atoms with E-state index in [9.17, 15) is 4.79 Å². The molecule has 24 heavy (non-hydrogen) atoms. The number of guanidine groups is 1. The summed E-state index contributed by atoms with van der Waals surface area (Å²) in [5, 5.41) is 6.70. The predicted octanol–water partition coefficient (Wildman–Crippen LogP) is 2.07. The fourth-order valence-corrected chi connectivity index (χ4v) is 2.68. The van der Waals surface area contributed by atoms with Crippen LogP contribution in [0, 0.1) is 6.92 Å². The summed E-state index contributed by atoms with van der Waals surface area (Å²) in [6, 6.07) is 4.24. The first-order chi connectivity index (χ1) is 11.1. The van der Waals surface area contributed by atoms with E-state index >= 15 is 0 Å². The Morgan fingerprint density at radius 3 is 2.92 bits per heavy atom. The maximum atomic E-state index is 11.8. The molecule has 0 aromatic carbocycles. The van der Waals surface area contributed by atoms with Gasteiger partial charge in [-0.1, -0.05) is 13.0 Å². The van der Waals surface area contributed by atoms with E-state index in [0.717, 1.165) is 43.3 Å². The molecule has 1 aliphatic heterocycles. The fraction of sp³-hybridized carbons (Fsp3) is 0.588.